The minimum atomic E-state index is -0.318. The summed E-state index contributed by atoms with van der Waals surface area (Å²) in [5.74, 6) is -0.609. The highest BCUT2D eigenvalue weighted by Gasteiger charge is 2.39. The molecule has 1 aliphatic heterocycles. The third kappa shape index (κ3) is 3.33. The van der Waals surface area contributed by atoms with Crippen molar-refractivity contribution in [2.75, 3.05) is 0 Å². The van der Waals surface area contributed by atoms with Crippen molar-refractivity contribution in [1.29, 1.82) is 0 Å². The van der Waals surface area contributed by atoms with Crippen LogP contribution in [0, 0.1) is 0 Å². The van der Waals surface area contributed by atoms with Gasteiger partial charge in [-0.3, -0.25) is 14.6 Å². The molecule has 2 aliphatic carbocycles. The molecule has 1 heterocycles. The molecule has 0 radical (unpaired) electrons. The highest BCUT2D eigenvalue weighted by Crippen LogP contribution is 2.34. The molecule has 1 fully saturated rings. The Balaban J connectivity index is 1.56. The fourth-order valence-corrected chi connectivity index (χ4v) is 4.30. The summed E-state index contributed by atoms with van der Waals surface area (Å²) in [7, 11) is 0. The van der Waals surface area contributed by atoms with E-state index in [0.29, 0.717) is 0 Å². The summed E-state index contributed by atoms with van der Waals surface area (Å²) >= 11 is 3.71. The number of carbonyl (C=O) groups is 2. The Kier molecular flexibility index (Phi) is 4.56. The van der Waals surface area contributed by atoms with Crippen molar-refractivity contribution in [3.63, 3.8) is 0 Å². The molecule has 3 unspecified atom stereocenters. The van der Waals surface area contributed by atoms with E-state index in [4.69, 9.17) is 4.99 Å². The van der Waals surface area contributed by atoms with Gasteiger partial charge in [0.15, 0.2) is 0 Å². The lowest BCUT2D eigenvalue weighted by Gasteiger charge is -2.38. The van der Waals surface area contributed by atoms with Crippen LogP contribution in [0.3, 0.4) is 0 Å². The summed E-state index contributed by atoms with van der Waals surface area (Å²) in [6, 6.07) is 10.3. The second kappa shape index (κ2) is 6.84. The maximum absolute atomic E-state index is 11.8. The standard InChI is InChI=1S/C19H20BrN3O2/c20-12-6-7-13(21-10-11-4-2-1-3-5-11)19-18(12)22-14-8-16(24)17(25)9-15(14)23-19/h1-5,12-13,15,21,23H,6-10H2. The van der Waals surface area contributed by atoms with Crippen LogP contribution < -0.4 is 10.6 Å². The van der Waals surface area contributed by atoms with Crippen molar-refractivity contribution in [3.05, 3.63) is 47.3 Å². The molecule has 0 spiro atoms. The molecular formula is C19H20BrN3O2. The van der Waals surface area contributed by atoms with Crippen LogP contribution in [0.15, 0.2) is 46.7 Å². The zero-order valence-corrected chi connectivity index (χ0v) is 15.4. The lowest BCUT2D eigenvalue weighted by Crippen LogP contribution is -2.52. The molecule has 1 aromatic rings. The summed E-state index contributed by atoms with van der Waals surface area (Å²) < 4.78 is 0. The quantitative estimate of drug-likeness (QED) is 0.601. The minimum absolute atomic E-state index is 0.136. The zero-order chi connectivity index (χ0) is 17.4. The first-order valence-electron chi connectivity index (χ1n) is 8.67. The molecule has 6 heteroatoms. The molecule has 1 saturated carbocycles. The number of nitrogens with zero attached hydrogens (tertiary/aromatic N) is 1. The van der Waals surface area contributed by atoms with E-state index in [-0.39, 0.29) is 41.3 Å². The maximum atomic E-state index is 11.8. The average molecular weight is 402 g/mol. The predicted octanol–water partition coefficient (Wildman–Crippen LogP) is 2.26. The third-order valence-corrected chi connectivity index (χ3v) is 5.96. The summed E-state index contributed by atoms with van der Waals surface area (Å²) in [6.45, 7) is 0.787. The van der Waals surface area contributed by atoms with Crippen LogP contribution in [-0.2, 0) is 16.1 Å². The average Bonchev–Trinajstić information content (AvgIpc) is 2.62. The summed E-state index contributed by atoms with van der Waals surface area (Å²) in [4.78, 5) is 28.5. The molecule has 0 bridgehead atoms. The van der Waals surface area contributed by atoms with Crippen LogP contribution in [0.25, 0.3) is 0 Å². The molecular weight excluding hydrogens is 382 g/mol. The molecule has 0 amide bonds. The van der Waals surface area contributed by atoms with Gasteiger partial charge in [-0.2, -0.15) is 0 Å². The molecule has 130 valence electrons. The van der Waals surface area contributed by atoms with Crippen LogP contribution >= 0.6 is 15.9 Å². The van der Waals surface area contributed by atoms with Gasteiger partial charge < -0.3 is 10.6 Å². The molecule has 1 aromatic carbocycles. The zero-order valence-electron chi connectivity index (χ0n) is 13.8. The number of aliphatic imine (C=N–C) groups is 1. The number of hydrogen-bond acceptors (Lipinski definition) is 5. The van der Waals surface area contributed by atoms with Crippen molar-refractivity contribution >= 4 is 33.2 Å². The molecule has 0 saturated heterocycles. The lowest BCUT2D eigenvalue weighted by atomic mass is 9.86. The highest BCUT2D eigenvalue weighted by atomic mass is 79.9. The SMILES string of the molecule is O=C1CC2=NC3=C(NC2CC1=O)C(NCc1ccccc1)CCC3Br. The number of fused-ring (bicyclic) bond motifs is 1. The van der Waals surface area contributed by atoms with Crippen molar-refractivity contribution in [2.24, 2.45) is 4.99 Å². The first kappa shape index (κ1) is 16.7. The number of rotatable bonds is 3. The monoisotopic (exact) mass is 401 g/mol. The van der Waals surface area contributed by atoms with Gasteiger partial charge in [-0.05, 0) is 18.4 Å². The number of halogens is 1. The van der Waals surface area contributed by atoms with Gasteiger partial charge in [0.05, 0.1) is 28.7 Å². The number of carbonyl (C=O) groups excluding carboxylic acids is 2. The van der Waals surface area contributed by atoms with E-state index in [1.54, 1.807) is 0 Å². The largest absolute Gasteiger partial charge is 0.377 e. The van der Waals surface area contributed by atoms with E-state index in [1.165, 1.54) is 5.56 Å². The second-order valence-electron chi connectivity index (χ2n) is 6.79. The van der Waals surface area contributed by atoms with E-state index < -0.39 is 0 Å². The normalized spacial score (nSPS) is 28.8. The van der Waals surface area contributed by atoms with E-state index in [0.717, 1.165) is 36.5 Å². The van der Waals surface area contributed by atoms with Gasteiger partial charge in [-0.1, -0.05) is 46.3 Å². The molecule has 2 N–H and O–H groups in total. The Labute approximate surface area is 155 Å². The number of allylic oxidation sites excluding steroid dienone is 1. The number of hydrogen-bond donors (Lipinski definition) is 2. The number of ketones is 2. The Morgan fingerprint density at radius 1 is 1.16 bits per heavy atom. The first-order valence-corrected chi connectivity index (χ1v) is 9.59. The number of benzene rings is 1. The van der Waals surface area contributed by atoms with Crippen LogP contribution in [0.5, 0.6) is 0 Å². The van der Waals surface area contributed by atoms with Crippen molar-refractivity contribution in [2.45, 2.75) is 49.1 Å². The fourth-order valence-electron chi connectivity index (χ4n) is 3.68. The van der Waals surface area contributed by atoms with Crippen molar-refractivity contribution in [3.8, 4) is 0 Å². The maximum Gasteiger partial charge on any atom is 0.204 e. The van der Waals surface area contributed by atoms with Gasteiger partial charge in [-0.25, -0.2) is 0 Å². The van der Waals surface area contributed by atoms with Crippen LogP contribution in [0.4, 0.5) is 0 Å². The Morgan fingerprint density at radius 3 is 2.76 bits per heavy atom. The van der Waals surface area contributed by atoms with Gasteiger partial charge >= 0.3 is 0 Å². The fraction of sp³-hybridized carbons (Fsp3) is 0.421. The smallest absolute Gasteiger partial charge is 0.204 e. The highest BCUT2D eigenvalue weighted by molar-refractivity contribution is 9.09. The number of alkyl halides is 1. The molecule has 0 aromatic heterocycles. The topological polar surface area (TPSA) is 70.6 Å². The molecule has 3 aliphatic rings. The van der Waals surface area contributed by atoms with Crippen LogP contribution in [0.1, 0.15) is 31.2 Å². The van der Waals surface area contributed by atoms with E-state index >= 15 is 0 Å². The minimum Gasteiger partial charge on any atom is -0.377 e. The van der Waals surface area contributed by atoms with Crippen LogP contribution in [-0.4, -0.2) is 34.2 Å². The second-order valence-corrected chi connectivity index (χ2v) is 7.90. The molecule has 5 nitrogen and oxygen atoms in total. The Bertz CT molecular complexity index is 772. The summed E-state index contributed by atoms with van der Waals surface area (Å²) in [6.07, 6.45) is 2.35. The van der Waals surface area contributed by atoms with Crippen LogP contribution in [0.2, 0.25) is 0 Å². The summed E-state index contributed by atoms with van der Waals surface area (Å²) in [5, 5.41) is 7.12. The number of Topliss-reactive ketones (excluding diaryl/α,β-unsaturated/α-hetero) is 2. The van der Waals surface area contributed by atoms with Gasteiger partial charge in [0.2, 0.25) is 11.6 Å². The van der Waals surface area contributed by atoms with Gasteiger partial charge in [0.1, 0.15) is 0 Å². The molecule has 4 rings (SSSR count). The lowest BCUT2D eigenvalue weighted by molar-refractivity contribution is -0.136. The van der Waals surface area contributed by atoms with E-state index in [1.807, 2.05) is 18.2 Å². The molecule has 3 atom stereocenters. The Hall–Kier alpha value is -1.79. The van der Waals surface area contributed by atoms with Crippen molar-refractivity contribution in [1.82, 2.24) is 10.6 Å². The molecule has 25 heavy (non-hydrogen) atoms. The number of nitrogens with one attached hydrogen (secondary N) is 2. The third-order valence-electron chi connectivity index (χ3n) is 5.06. The van der Waals surface area contributed by atoms with Gasteiger partial charge in [0, 0.05) is 24.7 Å². The summed E-state index contributed by atoms with van der Waals surface area (Å²) in [5.41, 5.74) is 4.09. The Morgan fingerprint density at radius 2 is 1.96 bits per heavy atom. The van der Waals surface area contributed by atoms with Gasteiger partial charge in [-0.15, -0.1) is 0 Å². The van der Waals surface area contributed by atoms with Gasteiger partial charge in [0.25, 0.3) is 0 Å². The predicted molar refractivity (Wildman–Crippen MR) is 99.7 cm³/mol. The van der Waals surface area contributed by atoms with E-state index in [9.17, 15) is 9.59 Å². The first-order chi connectivity index (χ1) is 12.1. The van der Waals surface area contributed by atoms with Crippen molar-refractivity contribution < 1.29 is 9.59 Å². The van der Waals surface area contributed by atoms with E-state index in [2.05, 4.69) is 38.7 Å².